The Labute approximate surface area is 137 Å². The molecule has 0 saturated heterocycles. The van der Waals surface area contributed by atoms with Crippen molar-refractivity contribution in [2.24, 2.45) is 4.99 Å². The molecule has 0 N–H and O–H groups in total. The van der Waals surface area contributed by atoms with E-state index in [4.69, 9.17) is 0 Å². The van der Waals surface area contributed by atoms with Gasteiger partial charge in [-0.25, -0.2) is 0 Å². The number of hydrogen-bond donors (Lipinski definition) is 0. The molecule has 2 aromatic rings. The van der Waals surface area contributed by atoms with E-state index in [9.17, 15) is 0 Å². The molecular formula is C18H14BrNS. The van der Waals surface area contributed by atoms with E-state index in [1.165, 1.54) is 26.5 Å². The van der Waals surface area contributed by atoms with Crippen LogP contribution in [0.1, 0.15) is 29.0 Å². The number of hydrogen-bond acceptors (Lipinski definition) is 2. The summed E-state index contributed by atoms with van der Waals surface area (Å²) in [5.41, 5.74) is 4.29. The van der Waals surface area contributed by atoms with Gasteiger partial charge in [-0.3, -0.25) is 4.99 Å². The van der Waals surface area contributed by atoms with Crippen LogP contribution in [-0.2, 0) is 6.42 Å². The predicted molar refractivity (Wildman–Crippen MR) is 92.7 cm³/mol. The SMILES string of the molecule is BrC1=CCC(c2cccc3c2Sc2ccccc2C3)C=N1. The second-order valence-electron chi connectivity index (χ2n) is 5.37. The monoisotopic (exact) mass is 355 g/mol. The third-order valence-electron chi connectivity index (χ3n) is 4.01. The molecule has 0 fully saturated rings. The Morgan fingerprint density at radius 3 is 2.76 bits per heavy atom. The lowest BCUT2D eigenvalue weighted by atomic mass is 9.92. The van der Waals surface area contributed by atoms with E-state index < -0.39 is 0 Å². The number of rotatable bonds is 1. The third-order valence-corrected chi connectivity index (χ3v) is 5.86. The highest BCUT2D eigenvalue weighted by Crippen LogP contribution is 2.44. The Kier molecular flexibility index (Phi) is 3.48. The molecule has 0 amide bonds. The zero-order valence-corrected chi connectivity index (χ0v) is 13.8. The van der Waals surface area contributed by atoms with Gasteiger partial charge in [0.2, 0.25) is 0 Å². The lowest BCUT2D eigenvalue weighted by molar-refractivity contribution is 0.868. The second kappa shape index (κ2) is 5.47. The van der Waals surface area contributed by atoms with Gasteiger partial charge < -0.3 is 0 Å². The largest absolute Gasteiger partial charge is 0.253 e. The molecule has 1 nitrogen and oxygen atoms in total. The number of allylic oxidation sites excluding steroid dienone is 1. The molecule has 2 aliphatic rings. The molecule has 1 unspecified atom stereocenters. The first-order chi connectivity index (χ1) is 10.3. The maximum atomic E-state index is 4.42. The summed E-state index contributed by atoms with van der Waals surface area (Å²) in [5, 5.41) is 0. The van der Waals surface area contributed by atoms with Gasteiger partial charge in [0, 0.05) is 21.9 Å². The van der Waals surface area contributed by atoms with Gasteiger partial charge in [0.25, 0.3) is 0 Å². The maximum absolute atomic E-state index is 4.42. The Morgan fingerprint density at radius 2 is 1.90 bits per heavy atom. The van der Waals surface area contributed by atoms with Crippen LogP contribution in [0.15, 0.2) is 67.9 Å². The van der Waals surface area contributed by atoms with Crippen LogP contribution in [0.4, 0.5) is 0 Å². The van der Waals surface area contributed by atoms with E-state index >= 15 is 0 Å². The summed E-state index contributed by atoms with van der Waals surface area (Å²) in [4.78, 5) is 7.24. The highest BCUT2D eigenvalue weighted by atomic mass is 79.9. The smallest absolute Gasteiger partial charge is 0.101 e. The third kappa shape index (κ3) is 2.49. The zero-order valence-electron chi connectivity index (χ0n) is 11.4. The molecule has 104 valence electrons. The number of nitrogens with zero attached hydrogens (tertiary/aromatic N) is 1. The zero-order chi connectivity index (χ0) is 14.2. The molecule has 1 atom stereocenters. The average molecular weight is 356 g/mol. The van der Waals surface area contributed by atoms with Crippen LogP contribution in [0.25, 0.3) is 0 Å². The van der Waals surface area contributed by atoms with Gasteiger partial charge in [-0.2, -0.15) is 0 Å². The summed E-state index contributed by atoms with van der Waals surface area (Å²) >= 11 is 5.35. The number of fused-ring (bicyclic) bond motifs is 2. The molecule has 0 spiro atoms. The molecule has 0 saturated carbocycles. The van der Waals surface area contributed by atoms with Crippen molar-refractivity contribution in [1.82, 2.24) is 0 Å². The highest BCUT2D eigenvalue weighted by Gasteiger charge is 2.22. The van der Waals surface area contributed by atoms with Crippen molar-refractivity contribution < 1.29 is 0 Å². The van der Waals surface area contributed by atoms with Gasteiger partial charge in [0.05, 0.1) is 0 Å². The minimum Gasteiger partial charge on any atom is -0.253 e. The molecule has 3 heteroatoms. The summed E-state index contributed by atoms with van der Waals surface area (Å²) in [6.07, 6.45) is 6.28. The van der Waals surface area contributed by atoms with Crippen LogP contribution in [0.2, 0.25) is 0 Å². The van der Waals surface area contributed by atoms with Crippen molar-refractivity contribution in [3.63, 3.8) is 0 Å². The van der Waals surface area contributed by atoms with E-state index in [0.717, 1.165) is 17.4 Å². The van der Waals surface area contributed by atoms with Gasteiger partial charge in [0.1, 0.15) is 4.61 Å². The number of halogens is 1. The molecule has 0 bridgehead atoms. The lowest BCUT2D eigenvalue weighted by Crippen LogP contribution is -2.08. The Hall–Kier alpha value is -1.32. The number of aliphatic imine (C=N–C) groups is 1. The predicted octanol–water partition coefficient (Wildman–Crippen LogP) is 5.54. The molecule has 2 heterocycles. The Bertz CT molecular complexity index is 764. The van der Waals surface area contributed by atoms with E-state index in [1.807, 2.05) is 11.8 Å². The molecule has 21 heavy (non-hydrogen) atoms. The van der Waals surface area contributed by atoms with Gasteiger partial charge in [0.15, 0.2) is 0 Å². The molecule has 0 radical (unpaired) electrons. The molecular weight excluding hydrogens is 342 g/mol. The maximum Gasteiger partial charge on any atom is 0.101 e. The van der Waals surface area contributed by atoms with Crippen molar-refractivity contribution in [3.05, 3.63) is 69.8 Å². The quantitative estimate of drug-likeness (QED) is 0.522. The van der Waals surface area contributed by atoms with Crippen LogP contribution >= 0.6 is 27.7 Å². The fraction of sp³-hybridized carbons (Fsp3) is 0.167. The first-order valence-corrected chi connectivity index (χ1v) is 8.69. The fourth-order valence-electron chi connectivity index (χ4n) is 2.93. The lowest BCUT2D eigenvalue weighted by Gasteiger charge is -2.24. The van der Waals surface area contributed by atoms with Crippen molar-refractivity contribution in [1.29, 1.82) is 0 Å². The summed E-state index contributed by atoms with van der Waals surface area (Å²) < 4.78 is 0.946. The minimum absolute atomic E-state index is 0.388. The van der Waals surface area contributed by atoms with E-state index in [2.05, 4.69) is 75.7 Å². The first-order valence-electron chi connectivity index (χ1n) is 7.08. The molecule has 0 aliphatic carbocycles. The summed E-state index contributed by atoms with van der Waals surface area (Å²) in [5.74, 6) is 0.388. The van der Waals surface area contributed by atoms with Gasteiger partial charge in [-0.1, -0.05) is 54.2 Å². The summed E-state index contributed by atoms with van der Waals surface area (Å²) in [6, 6.07) is 15.4. The van der Waals surface area contributed by atoms with Crippen LogP contribution < -0.4 is 0 Å². The van der Waals surface area contributed by atoms with E-state index in [1.54, 1.807) is 0 Å². The van der Waals surface area contributed by atoms with Crippen LogP contribution in [-0.4, -0.2) is 6.21 Å². The van der Waals surface area contributed by atoms with Gasteiger partial charge in [-0.05, 0) is 51.5 Å². The van der Waals surface area contributed by atoms with Crippen LogP contribution in [0.5, 0.6) is 0 Å². The topological polar surface area (TPSA) is 12.4 Å². The van der Waals surface area contributed by atoms with E-state index in [0.29, 0.717) is 5.92 Å². The number of benzene rings is 2. The fourth-order valence-corrected chi connectivity index (χ4v) is 4.48. The highest BCUT2D eigenvalue weighted by molar-refractivity contribution is 9.11. The summed E-state index contributed by atoms with van der Waals surface area (Å²) in [6.45, 7) is 0. The van der Waals surface area contributed by atoms with Crippen molar-refractivity contribution in [2.75, 3.05) is 0 Å². The van der Waals surface area contributed by atoms with Gasteiger partial charge in [-0.15, -0.1) is 0 Å². The minimum atomic E-state index is 0.388. The van der Waals surface area contributed by atoms with Crippen LogP contribution in [0.3, 0.4) is 0 Å². The van der Waals surface area contributed by atoms with Crippen molar-refractivity contribution in [3.8, 4) is 0 Å². The normalized spacial score (nSPS) is 19.7. The second-order valence-corrected chi connectivity index (χ2v) is 7.23. The van der Waals surface area contributed by atoms with E-state index in [-0.39, 0.29) is 0 Å². The van der Waals surface area contributed by atoms with Crippen molar-refractivity contribution >= 4 is 33.9 Å². The van der Waals surface area contributed by atoms with Gasteiger partial charge >= 0.3 is 0 Å². The summed E-state index contributed by atoms with van der Waals surface area (Å²) in [7, 11) is 0. The first kappa shape index (κ1) is 13.4. The standard InChI is InChI=1S/C18H14BrNS/c19-17-9-8-14(11-20-17)15-6-3-5-13-10-12-4-1-2-7-16(12)21-18(13)15/h1-7,9,11,14H,8,10H2. The molecule has 2 aliphatic heterocycles. The van der Waals surface area contributed by atoms with Crippen molar-refractivity contribution in [2.45, 2.75) is 28.6 Å². The molecule has 4 rings (SSSR count). The Morgan fingerprint density at radius 1 is 1.05 bits per heavy atom. The molecule has 2 aromatic carbocycles. The Balaban J connectivity index is 1.75. The van der Waals surface area contributed by atoms with Crippen LogP contribution in [0, 0.1) is 0 Å². The average Bonchev–Trinajstić information content (AvgIpc) is 2.53. The molecule has 0 aromatic heterocycles.